The molecule has 1 heterocycles. The summed E-state index contributed by atoms with van der Waals surface area (Å²) in [6, 6.07) is 20.1. The third kappa shape index (κ3) is 10.5. The minimum atomic E-state index is -0.869. The van der Waals surface area contributed by atoms with Gasteiger partial charge in [0.15, 0.2) is 0 Å². The molecule has 9 heteroatoms. The molecule has 3 amide bonds. The van der Waals surface area contributed by atoms with Crippen molar-refractivity contribution in [2.45, 2.75) is 63.8 Å². The van der Waals surface area contributed by atoms with Gasteiger partial charge in [-0.05, 0) is 61.4 Å². The standard InChI is InChI=1S/C34H44N4O4S/c1-24(39)23-36-32(41)29(22-28-13-10-20-43-28)38(5)33(42)30(37(4)31(40)14-9-19-34(2,3)35)21-25-15-17-27(18-16-25)26-11-7-6-8-12-26/h6-18,20,24,29-30,39H,19,21-23,35H2,1-5H3,(H,36,41)/b14-9+/t24-,29+,30+/m0/s1. The van der Waals surface area contributed by atoms with E-state index in [1.54, 1.807) is 27.1 Å². The smallest absolute Gasteiger partial charge is 0.246 e. The number of rotatable bonds is 14. The molecule has 0 aliphatic carbocycles. The average molecular weight is 605 g/mol. The molecule has 0 aliphatic rings. The molecule has 0 saturated heterocycles. The molecule has 3 rings (SSSR count). The van der Waals surface area contributed by atoms with E-state index in [1.807, 2.05) is 86.0 Å². The summed E-state index contributed by atoms with van der Waals surface area (Å²) >= 11 is 1.50. The molecule has 3 atom stereocenters. The molecule has 3 aromatic rings. The van der Waals surface area contributed by atoms with Gasteiger partial charge >= 0.3 is 0 Å². The highest BCUT2D eigenvalue weighted by atomic mass is 32.1. The maximum absolute atomic E-state index is 14.2. The molecule has 0 fully saturated rings. The number of nitrogens with zero attached hydrogens (tertiary/aromatic N) is 2. The van der Waals surface area contributed by atoms with Crippen LogP contribution >= 0.6 is 11.3 Å². The van der Waals surface area contributed by atoms with Gasteiger partial charge in [0, 0.05) is 43.9 Å². The second kappa shape index (κ2) is 15.6. The van der Waals surface area contributed by atoms with Crippen molar-refractivity contribution in [1.29, 1.82) is 0 Å². The molecular formula is C34H44N4O4S. The van der Waals surface area contributed by atoms with Gasteiger partial charge in [-0.3, -0.25) is 14.4 Å². The second-order valence-corrected chi connectivity index (χ2v) is 12.7. The summed E-state index contributed by atoms with van der Waals surface area (Å²) in [4.78, 5) is 44.6. The van der Waals surface area contributed by atoms with E-state index in [0.717, 1.165) is 21.6 Å². The summed E-state index contributed by atoms with van der Waals surface area (Å²) < 4.78 is 0. The molecule has 0 unspecified atom stereocenters. The summed E-state index contributed by atoms with van der Waals surface area (Å²) in [5, 5.41) is 14.4. The van der Waals surface area contributed by atoms with E-state index in [0.29, 0.717) is 12.8 Å². The fourth-order valence-electron chi connectivity index (χ4n) is 4.59. The van der Waals surface area contributed by atoms with E-state index in [9.17, 15) is 19.5 Å². The Balaban J connectivity index is 1.90. The van der Waals surface area contributed by atoms with Gasteiger partial charge < -0.3 is 26.0 Å². The normalized spacial score (nSPS) is 13.7. The predicted octanol–water partition coefficient (Wildman–Crippen LogP) is 4.03. The summed E-state index contributed by atoms with van der Waals surface area (Å²) in [5.74, 6) is -1.05. The maximum atomic E-state index is 14.2. The summed E-state index contributed by atoms with van der Waals surface area (Å²) in [5.41, 5.74) is 8.61. The molecule has 0 bridgehead atoms. The predicted molar refractivity (Wildman–Crippen MR) is 173 cm³/mol. The number of carbonyl (C=O) groups is 3. The zero-order valence-corrected chi connectivity index (χ0v) is 26.5. The lowest BCUT2D eigenvalue weighted by atomic mass is 9.98. The largest absolute Gasteiger partial charge is 0.392 e. The van der Waals surface area contributed by atoms with Gasteiger partial charge in [-0.25, -0.2) is 0 Å². The zero-order valence-electron chi connectivity index (χ0n) is 25.7. The van der Waals surface area contributed by atoms with E-state index in [4.69, 9.17) is 5.73 Å². The Morgan fingerprint density at radius 1 is 0.930 bits per heavy atom. The molecule has 0 saturated carbocycles. The van der Waals surface area contributed by atoms with Crippen LogP contribution in [0.3, 0.4) is 0 Å². The molecule has 43 heavy (non-hydrogen) atoms. The molecule has 8 nitrogen and oxygen atoms in total. The Bertz CT molecular complexity index is 1350. The van der Waals surface area contributed by atoms with E-state index >= 15 is 0 Å². The van der Waals surface area contributed by atoms with Crippen LogP contribution in [-0.4, -0.2) is 77.0 Å². The van der Waals surface area contributed by atoms with Crippen molar-refractivity contribution in [3.8, 4) is 11.1 Å². The number of nitrogens with two attached hydrogens (primary N) is 1. The van der Waals surface area contributed by atoms with Crippen LogP contribution in [0.15, 0.2) is 84.3 Å². The molecule has 0 radical (unpaired) electrons. The lowest BCUT2D eigenvalue weighted by Gasteiger charge is -2.34. The Kier molecular flexibility index (Phi) is 12.2. The summed E-state index contributed by atoms with van der Waals surface area (Å²) in [6.07, 6.45) is 3.52. The van der Waals surface area contributed by atoms with Crippen LogP contribution in [0.2, 0.25) is 0 Å². The second-order valence-electron chi connectivity index (χ2n) is 11.7. The third-order valence-electron chi connectivity index (χ3n) is 7.16. The Morgan fingerprint density at radius 3 is 2.16 bits per heavy atom. The number of amides is 3. The average Bonchev–Trinajstić information content (AvgIpc) is 3.50. The van der Waals surface area contributed by atoms with Crippen molar-refractivity contribution in [3.05, 3.63) is 94.7 Å². The first kappa shape index (κ1) is 33.7. The monoisotopic (exact) mass is 604 g/mol. The van der Waals surface area contributed by atoms with Crippen molar-refractivity contribution >= 4 is 29.1 Å². The number of aliphatic hydroxyl groups excluding tert-OH is 1. The molecule has 230 valence electrons. The number of aliphatic hydroxyl groups is 1. The summed E-state index contributed by atoms with van der Waals surface area (Å²) in [6.45, 7) is 5.41. The molecule has 0 spiro atoms. The van der Waals surface area contributed by atoms with E-state index in [2.05, 4.69) is 5.32 Å². The first-order chi connectivity index (χ1) is 20.4. The van der Waals surface area contributed by atoms with Gasteiger partial charge in [-0.1, -0.05) is 66.7 Å². The van der Waals surface area contributed by atoms with Crippen LogP contribution in [0, 0.1) is 0 Å². The van der Waals surface area contributed by atoms with Gasteiger partial charge in [0.25, 0.3) is 0 Å². The maximum Gasteiger partial charge on any atom is 0.246 e. The number of thiophene rings is 1. The van der Waals surface area contributed by atoms with Crippen LogP contribution in [0.4, 0.5) is 0 Å². The lowest BCUT2D eigenvalue weighted by Crippen LogP contribution is -2.56. The number of hydrogen-bond acceptors (Lipinski definition) is 6. The van der Waals surface area contributed by atoms with Crippen LogP contribution in [-0.2, 0) is 27.2 Å². The van der Waals surface area contributed by atoms with E-state index in [-0.39, 0.29) is 30.7 Å². The van der Waals surface area contributed by atoms with Gasteiger partial charge in [-0.15, -0.1) is 11.3 Å². The molecule has 4 N–H and O–H groups in total. The number of likely N-dealkylation sites (N-methyl/N-ethyl adjacent to an activating group) is 2. The van der Waals surface area contributed by atoms with Gasteiger partial charge in [0.05, 0.1) is 6.10 Å². The lowest BCUT2D eigenvalue weighted by molar-refractivity contribution is -0.146. The first-order valence-corrected chi connectivity index (χ1v) is 15.3. The molecule has 0 aliphatic heterocycles. The number of carbonyl (C=O) groups excluding carboxylic acids is 3. The molecular weight excluding hydrogens is 560 g/mol. The van der Waals surface area contributed by atoms with Crippen molar-refractivity contribution in [2.75, 3.05) is 20.6 Å². The Labute approximate surface area is 259 Å². The molecule has 1 aromatic heterocycles. The van der Waals surface area contributed by atoms with Crippen LogP contribution in [0.1, 0.15) is 37.6 Å². The van der Waals surface area contributed by atoms with Crippen molar-refractivity contribution in [2.24, 2.45) is 5.73 Å². The minimum Gasteiger partial charge on any atom is -0.392 e. The fraction of sp³-hybridized carbons (Fsp3) is 0.382. The quantitative estimate of drug-likeness (QED) is 0.240. The van der Waals surface area contributed by atoms with Gasteiger partial charge in [-0.2, -0.15) is 0 Å². The highest BCUT2D eigenvalue weighted by Gasteiger charge is 2.35. The van der Waals surface area contributed by atoms with Gasteiger partial charge in [0.1, 0.15) is 12.1 Å². The number of nitrogens with one attached hydrogen (secondary N) is 1. The van der Waals surface area contributed by atoms with E-state index < -0.39 is 23.7 Å². The fourth-order valence-corrected chi connectivity index (χ4v) is 5.33. The summed E-state index contributed by atoms with van der Waals surface area (Å²) in [7, 11) is 3.20. The van der Waals surface area contributed by atoms with Crippen molar-refractivity contribution in [3.63, 3.8) is 0 Å². The van der Waals surface area contributed by atoms with Crippen LogP contribution < -0.4 is 11.1 Å². The SMILES string of the molecule is C[C@H](O)CNC(=O)[C@@H](Cc1cccs1)N(C)C(=O)[C@@H](Cc1ccc(-c2ccccc2)cc1)N(C)C(=O)/C=C/CC(C)(C)N. The van der Waals surface area contributed by atoms with Crippen LogP contribution in [0.25, 0.3) is 11.1 Å². The Morgan fingerprint density at radius 2 is 1.58 bits per heavy atom. The molecule has 2 aromatic carbocycles. The first-order valence-electron chi connectivity index (χ1n) is 14.5. The number of benzene rings is 2. The van der Waals surface area contributed by atoms with E-state index in [1.165, 1.54) is 27.2 Å². The van der Waals surface area contributed by atoms with Crippen molar-refractivity contribution < 1.29 is 19.5 Å². The van der Waals surface area contributed by atoms with Crippen molar-refractivity contribution in [1.82, 2.24) is 15.1 Å². The highest BCUT2D eigenvalue weighted by Crippen LogP contribution is 2.22. The number of hydrogen-bond donors (Lipinski definition) is 3. The third-order valence-corrected chi connectivity index (χ3v) is 8.06. The van der Waals surface area contributed by atoms with Crippen LogP contribution in [0.5, 0.6) is 0 Å². The Hall–Kier alpha value is -3.79. The highest BCUT2D eigenvalue weighted by molar-refractivity contribution is 7.09. The van der Waals surface area contributed by atoms with Gasteiger partial charge in [0.2, 0.25) is 17.7 Å². The topological polar surface area (TPSA) is 116 Å². The minimum absolute atomic E-state index is 0.0691. The zero-order chi connectivity index (χ0) is 31.6.